The van der Waals surface area contributed by atoms with Crippen LogP contribution in [0.1, 0.15) is 36.0 Å². The van der Waals surface area contributed by atoms with Crippen molar-refractivity contribution in [2.24, 2.45) is 11.3 Å². The summed E-state index contributed by atoms with van der Waals surface area (Å²) in [6.07, 6.45) is 5.24. The number of nitrogen functional groups attached to an aromatic ring is 1. The summed E-state index contributed by atoms with van der Waals surface area (Å²) >= 11 is 0. The van der Waals surface area contributed by atoms with Crippen LogP contribution >= 0.6 is 0 Å². The van der Waals surface area contributed by atoms with Gasteiger partial charge in [0.25, 0.3) is 5.91 Å². The molecule has 0 aromatic heterocycles. The molecule has 2 aliphatic rings. The topological polar surface area (TPSA) is 58.4 Å². The molecule has 4 heteroatoms. The molecule has 0 spiro atoms. The van der Waals surface area contributed by atoms with Crippen molar-refractivity contribution in [2.75, 3.05) is 31.3 Å². The number of nitrogens with one attached hydrogen (secondary N) is 1. The first-order valence-electron chi connectivity index (χ1n) is 7.37. The molecule has 0 atom stereocenters. The molecule has 1 aromatic carbocycles. The highest BCUT2D eigenvalue weighted by molar-refractivity contribution is 6.00. The summed E-state index contributed by atoms with van der Waals surface area (Å²) in [7, 11) is 3.88. The zero-order valence-electron chi connectivity index (χ0n) is 12.3. The van der Waals surface area contributed by atoms with E-state index in [0.717, 1.165) is 18.2 Å². The smallest absolute Gasteiger partial charge is 0.253 e. The van der Waals surface area contributed by atoms with Crippen LogP contribution in [0, 0.1) is 11.3 Å². The number of nitrogens with zero attached hydrogens (tertiary/aromatic N) is 1. The Morgan fingerprint density at radius 3 is 2.65 bits per heavy atom. The van der Waals surface area contributed by atoms with E-state index in [0.29, 0.717) is 16.7 Å². The molecule has 2 fully saturated rings. The number of hydrogen-bond acceptors (Lipinski definition) is 3. The Bertz CT molecular complexity index is 531. The van der Waals surface area contributed by atoms with Gasteiger partial charge in [-0.2, -0.15) is 0 Å². The maximum absolute atomic E-state index is 12.4. The molecular formula is C16H23N3O. The van der Waals surface area contributed by atoms with Crippen LogP contribution < -0.4 is 16.0 Å². The molecule has 4 nitrogen and oxygen atoms in total. The Kier molecular flexibility index (Phi) is 3.11. The molecule has 108 valence electrons. The fraction of sp³-hybridized carbons (Fsp3) is 0.562. The molecule has 20 heavy (non-hydrogen) atoms. The van der Waals surface area contributed by atoms with Crippen LogP contribution in [0.15, 0.2) is 18.2 Å². The van der Waals surface area contributed by atoms with Gasteiger partial charge < -0.3 is 16.0 Å². The lowest BCUT2D eigenvalue weighted by molar-refractivity contribution is 0.0943. The monoisotopic (exact) mass is 273 g/mol. The van der Waals surface area contributed by atoms with E-state index >= 15 is 0 Å². The minimum Gasteiger partial charge on any atom is -0.399 e. The molecular weight excluding hydrogens is 250 g/mol. The van der Waals surface area contributed by atoms with E-state index in [4.69, 9.17) is 5.73 Å². The molecule has 0 heterocycles. The zero-order valence-corrected chi connectivity index (χ0v) is 12.3. The first-order chi connectivity index (χ1) is 9.52. The van der Waals surface area contributed by atoms with Gasteiger partial charge in [0.15, 0.2) is 0 Å². The molecule has 2 aliphatic carbocycles. The molecule has 0 saturated heterocycles. The van der Waals surface area contributed by atoms with Crippen molar-refractivity contribution in [1.29, 1.82) is 0 Å². The highest BCUT2D eigenvalue weighted by Crippen LogP contribution is 2.60. The molecule has 1 amide bonds. The molecule has 3 rings (SSSR count). The zero-order chi connectivity index (χ0) is 14.3. The molecule has 0 aliphatic heterocycles. The predicted molar refractivity (Wildman–Crippen MR) is 81.9 cm³/mol. The standard InChI is InChI=1S/C16H23N3O/c1-19(2)14-6-5-12(17)9-13(14)15(20)18-10-16(7-8-16)11-3-4-11/h5-6,9,11H,3-4,7-8,10,17H2,1-2H3,(H,18,20). The van der Waals surface area contributed by atoms with Crippen molar-refractivity contribution in [3.8, 4) is 0 Å². The van der Waals surface area contributed by atoms with Crippen LogP contribution in [0.2, 0.25) is 0 Å². The number of carbonyl (C=O) groups excluding carboxylic acids is 1. The lowest BCUT2D eigenvalue weighted by Crippen LogP contribution is -2.32. The second kappa shape index (κ2) is 4.69. The highest BCUT2D eigenvalue weighted by Gasteiger charge is 2.53. The third-order valence-corrected chi connectivity index (χ3v) is 4.68. The fourth-order valence-electron chi connectivity index (χ4n) is 3.06. The number of anilines is 2. The summed E-state index contributed by atoms with van der Waals surface area (Å²) in [5.74, 6) is 0.852. The van der Waals surface area contributed by atoms with Gasteiger partial charge in [-0.1, -0.05) is 0 Å². The van der Waals surface area contributed by atoms with Crippen molar-refractivity contribution in [3.63, 3.8) is 0 Å². The summed E-state index contributed by atoms with van der Waals surface area (Å²) in [6.45, 7) is 0.818. The molecule has 2 saturated carbocycles. The number of nitrogens with two attached hydrogens (primary N) is 1. The van der Waals surface area contributed by atoms with Gasteiger partial charge in [-0.15, -0.1) is 0 Å². The van der Waals surface area contributed by atoms with E-state index in [-0.39, 0.29) is 5.91 Å². The largest absolute Gasteiger partial charge is 0.399 e. The number of hydrogen-bond donors (Lipinski definition) is 2. The van der Waals surface area contributed by atoms with Crippen molar-refractivity contribution in [3.05, 3.63) is 23.8 Å². The lowest BCUT2D eigenvalue weighted by atomic mass is 10.0. The van der Waals surface area contributed by atoms with Crippen molar-refractivity contribution in [2.45, 2.75) is 25.7 Å². The fourth-order valence-corrected chi connectivity index (χ4v) is 3.06. The van der Waals surface area contributed by atoms with Gasteiger partial charge in [-0.25, -0.2) is 0 Å². The Balaban J connectivity index is 1.71. The van der Waals surface area contributed by atoms with Crippen LogP contribution in [0.3, 0.4) is 0 Å². The minimum absolute atomic E-state index is 0.00655. The van der Waals surface area contributed by atoms with Crippen LogP contribution in [0.25, 0.3) is 0 Å². The number of benzene rings is 1. The second-order valence-electron chi connectivity index (χ2n) is 6.49. The normalized spacial score (nSPS) is 19.5. The van der Waals surface area contributed by atoms with Gasteiger partial charge in [0.1, 0.15) is 0 Å². The first kappa shape index (κ1) is 13.3. The van der Waals surface area contributed by atoms with Crippen molar-refractivity contribution >= 4 is 17.3 Å². The quantitative estimate of drug-likeness (QED) is 0.809. The molecule has 3 N–H and O–H groups in total. The predicted octanol–water partition coefficient (Wildman–Crippen LogP) is 2.25. The molecule has 0 bridgehead atoms. The summed E-state index contributed by atoms with van der Waals surface area (Å²) in [5, 5.41) is 3.12. The van der Waals surface area contributed by atoms with Crippen LogP contribution in [0.5, 0.6) is 0 Å². The van der Waals surface area contributed by atoms with Gasteiger partial charge in [-0.05, 0) is 55.2 Å². The van der Waals surface area contributed by atoms with Gasteiger partial charge in [0.05, 0.1) is 5.56 Å². The summed E-state index contributed by atoms with van der Waals surface area (Å²) in [5.41, 5.74) is 8.45. The van der Waals surface area contributed by atoms with E-state index in [1.165, 1.54) is 25.7 Å². The van der Waals surface area contributed by atoms with Crippen molar-refractivity contribution in [1.82, 2.24) is 5.32 Å². The summed E-state index contributed by atoms with van der Waals surface area (Å²) < 4.78 is 0. The second-order valence-corrected chi connectivity index (χ2v) is 6.49. The van der Waals surface area contributed by atoms with Crippen LogP contribution in [-0.4, -0.2) is 26.5 Å². The first-order valence-corrected chi connectivity index (χ1v) is 7.37. The third kappa shape index (κ3) is 2.47. The van der Waals surface area contributed by atoms with Gasteiger partial charge >= 0.3 is 0 Å². The van der Waals surface area contributed by atoms with Gasteiger partial charge in [0, 0.05) is 32.0 Å². The highest BCUT2D eigenvalue weighted by atomic mass is 16.1. The third-order valence-electron chi connectivity index (χ3n) is 4.68. The molecule has 1 aromatic rings. The Morgan fingerprint density at radius 1 is 1.40 bits per heavy atom. The van der Waals surface area contributed by atoms with E-state index < -0.39 is 0 Å². The lowest BCUT2D eigenvalue weighted by Gasteiger charge is -2.19. The number of amides is 1. The Morgan fingerprint density at radius 2 is 2.10 bits per heavy atom. The van der Waals surface area contributed by atoms with E-state index in [1.54, 1.807) is 6.07 Å². The number of rotatable bonds is 5. The average Bonchev–Trinajstić information content (AvgIpc) is 3.27. The summed E-state index contributed by atoms with van der Waals surface area (Å²) in [6, 6.07) is 5.50. The average molecular weight is 273 g/mol. The van der Waals surface area contributed by atoms with Crippen LogP contribution in [0.4, 0.5) is 11.4 Å². The summed E-state index contributed by atoms with van der Waals surface area (Å²) in [4.78, 5) is 14.4. The Labute approximate surface area is 120 Å². The maximum Gasteiger partial charge on any atom is 0.253 e. The van der Waals surface area contributed by atoms with Gasteiger partial charge in [0.2, 0.25) is 0 Å². The van der Waals surface area contributed by atoms with Gasteiger partial charge in [-0.3, -0.25) is 4.79 Å². The minimum atomic E-state index is -0.00655. The number of carbonyl (C=O) groups is 1. The van der Waals surface area contributed by atoms with Crippen LogP contribution in [-0.2, 0) is 0 Å². The molecule has 0 radical (unpaired) electrons. The Hall–Kier alpha value is -1.71. The molecule has 0 unspecified atom stereocenters. The maximum atomic E-state index is 12.4. The van der Waals surface area contributed by atoms with E-state index in [1.807, 2.05) is 31.1 Å². The van der Waals surface area contributed by atoms with E-state index in [2.05, 4.69) is 5.32 Å². The SMILES string of the molecule is CN(C)c1ccc(N)cc1C(=O)NCC1(C2CC2)CC1. The van der Waals surface area contributed by atoms with E-state index in [9.17, 15) is 4.79 Å². The van der Waals surface area contributed by atoms with Crippen molar-refractivity contribution < 1.29 is 4.79 Å².